The molecule has 4 rings (SSSR count). The third-order valence-corrected chi connectivity index (χ3v) is 4.55. The van der Waals surface area contributed by atoms with Crippen LogP contribution in [0.25, 0.3) is 22.6 Å². The normalized spacial score (nSPS) is 10.2. The molecule has 0 aliphatic rings. The second kappa shape index (κ2) is 10.7. The third kappa shape index (κ3) is 6.06. The van der Waals surface area contributed by atoms with Crippen molar-refractivity contribution in [3.8, 4) is 22.6 Å². The number of benzene rings is 2. The Kier molecular flexibility index (Phi) is 7.81. The zero-order valence-electron chi connectivity index (χ0n) is 17.2. The molecule has 2 aromatic carbocycles. The van der Waals surface area contributed by atoms with Gasteiger partial charge in [0.2, 0.25) is 0 Å². The fourth-order valence-electron chi connectivity index (χ4n) is 2.57. The molecule has 0 saturated carbocycles. The van der Waals surface area contributed by atoms with E-state index in [0.717, 1.165) is 11.1 Å². The van der Waals surface area contributed by atoms with E-state index in [0.29, 0.717) is 33.9 Å². The van der Waals surface area contributed by atoms with Crippen LogP contribution in [-0.2, 0) is 4.74 Å². The molecule has 0 aliphatic carbocycles. The van der Waals surface area contributed by atoms with Crippen LogP contribution in [0.4, 0.5) is 0 Å². The largest absolute Gasteiger partial charge is 0.461 e. The minimum atomic E-state index is -0.496. The highest BCUT2D eigenvalue weighted by Crippen LogP contribution is 2.24. The fourth-order valence-corrected chi connectivity index (χ4v) is 2.95. The Morgan fingerprint density at radius 2 is 1.34 bits per heavy atom. The van der Waals surface area contributed by atoms with Crippen LogP contribution in [0.5, 0.6) is 0 Å². The van der Waals surface area contributed by atoms with E-state index in [-0.39, 0.29) is 11.5 Å². The number of carbonyl (C=O) groups is 2. The molecule has 4 aromatic rings. The van der Waals surface area contributed by atoms with E-state index in [1.807, 2.05) is 18.2 Å². The van der Waals surface area contributed by atoms with E-state index in [1.165, 1.54) is 13.0 Å². The van der Waals surface area contributed by atoms with Crippen molar-refractivity contribution in [1.29, 1.82) is 0 Å². The van der Waals surface area contributed by atoms with Gasteiger partial charge < -0.3 is 13.8 Å². The number of nitrogens with zero attached hydrogens (tertiary/aromatic N) is 2. The molecule has 164 valence electrons. The van der Waals surface area contributed by atoms with Gasteiger partial charge in [-0.15, -0.1) is 0 Å². The van der Waals surface area contributed by atoms with Crippen molar-refractivity contribution in [2.45, 2.75) is 13.8 Å². The van der Waals surface area contributed by atoms with Crippen molar-refractivity contribution in [2.75, 3.05) is 6.61 Å². The predicted octanol–water partition coefficient (Wildman–Crippen LogP) is 6.37. The first kappa shape index (κ1) is 23.2. The lowest BCUT2D eigenvalue weighted by atomic mass is 10.1. The highest BCUT2D eigenvalue weighted by atomic mass is 35.5. The van der Waals surface area contributed by atoms with Crippen molar-refractivity contribution < 1.29 is 23.4 Å². The number of rotatable bonds is 5. The maximum absolute atomic E-state index is 11.4. The van der Waals surface area contributed by atoms with E-state index >= 15 is 0 Å². The molecule has 2 aromatic heterocycles. The van der Waals surface area contributed by atoms with Crippen molar-refractivity contribution >= 4 is 35.0 Å². The van der Waals surface area contributed by atoms with Crippen LogP contribution in [0.2, 0.25) is 10.0 Å². The average Bonchev–Trinajstić information content (AvgIpc) is 3.45. The molecule has 9 heteroatoms. The smallest absolute Gasteiger partial charge is 0.360 e. The summed E-state index contributed by atoms with van der Waals surface area (Å²) in [5, 5.41) is 8.52. The Hall–Kier alpha value is -3.42. The van der Waals surface area contributed by atoms with Crippen molar-refractivity contribution in [1.82, 2.24) is 10.3 Å². The van der Waals surface area contributed by atoms with E-state index in [9.17, 15) is 9.59 Å². The Bertz CT molecular complexity index is 1230. The maximum Gasteiger partial charge on any atom is 0.360 e. The molecular formula is C23H18Cl2N2O5. The molecule has 0 N–H and O–H groups in total. The molecule has 0 bridgehead atoms. The first-order valence-corrected chi connectivity index (χ1v) is 10.3. The number of Topliss-reactive ketones (excluding diaryl/α,β-unsaturated/α-hetero) is 1. The van der Waals surface area contributed by atoms with E-state index in [2.05, 4.69) is 10.3 Å². The van der Waals surface area contributed by atoms with Gasteiger partial charge >= 0.3 is 5.97 Å². The van der Waals surface area contributed by atoms with Gasteiger partial charge in [0.05, 0.1) is 6.61 Å². The summed E-state index contributed by atoms with van der Waals surface area (Å²) in [5.74, 6) is 0.412. The molecule has 0 radical (unpaired) electrons. The Morgan fingerprint density at radius 3 is 1.78 bits per heavy atom. The zero-order chi connectivity index (χ0) is 23.1. The number of ketones is 1. The summed E-state index contributed by atoms with van der Waals surface area (Å²) >= 11 is 11.7. The number of carbonyl (C=O) groups excluding carboxylic acids is 2. The molecule has 7 nitrogen and oxygen atoms in total. The summed E-state index contributed by atoms with van der Waals surface area (Å²) in [5.41, 5.74) is 2.05. The van der Waals surface area contributed by atoms with Crippen LogP contribution >= 0.6 is 23.2 Å². The van der Waals surface area contributed by atoms with Crippen LogP contribution in [0.3, 0.4) is 0 Å². The molecule has 0 amide bonds. The predicted molar refractivity (Wildman–Crippen MR) is 120 cm³/mol. The standard InChI is InChI=1S/C12H10ClNO3.C11H8ClNO2/c1-2-16-12(15)10-7-11(17-14-10)8-4-3-5-9(13)6-8;1-7(14)10-6-11(15-13-10)8-3-2-4-9(12)5-8/h3-7H,2H2,1H3;2-6H,1H3. The summed E-state index contributed by atoms with van der Waals surface area (Å²) in [4.78, 5) is 22.4. The van der Waals surface area contributed by atoms with Gasteiger partial charge in [0, 0.05) is 40.2 Å². The minimum absolute atomic E-state index is 0.118. The third-order valence-electron chi connectivity index (χ3n) is 4.08. The second-order valence-electron chi connectivity index (χ2n) is 6.45. The summed E-state index contributed by atoms with van der Waals surface area (Å²) < 4.78 is 14.9. The summed E-state index contributed by atoms with van der Waals surface area (Å²) in [6.45, 7) is 3.48. The molecule has 0 fully saturated rings. The molecule has 0 spiro atoms. The molecule has 0 atom stereocenters. The van der Waals surface area contributed by atoms with Gasteiger partial charge in [-0.2, -0.15) is 0 Å². The zero-order valence-corrected chi connectivity index (χ0v) is 18.7. The summed E-state index contributed by atoms with van der Waals surface area (Å²) in [6, 6.07) is 17.4. The monoisotopic (exact) mass is 472 g/mol. The number of halogens is 2. The SMILES string of the molecule is CC(=O)c1cc(-c2cccc(Cl)c2)on1.CCOC(=O)c1cc(-c2cccc(Cl)c2)on1. The van der Waals surface area contributed by atoms with Crippen LogP contribution in [-0.4, -0.2) is 28.7 Å². The number of ether oxygens (including phenoxy) is 1. The first-order valence-electron chi connectivity index (χ1n) is 9.50. The summed E-state index contributed by atoms with van der Waals surface area (Å²) in [7, 11) is 0. The summed E-state index contributed by atoms with van der Waals surface area (Å²) in [6.07, 6.45) is 0. The molecule has 2 heterocycles. The molecular weight excluding hydrogens is 455 g/mol. The Labute approximate surface area is 193 Å². The van der Waals surface area contributed by atoms with Gasteiger partial charge in [0.25, 0.3) is 0 Å². The van der Waals surface area contributed by atoms with Gasteiger partial charge in [-0.05, 0) is 31.2 Å². The highest BCUT2D eigenvalue weighted by molar-refractivity contribution is 6.31. The van der Waals surface area contributed by atoms with Crippen molar-refractivity contribution in [3.63, 3.8) is 0 Å². The quantitative estimate of drug-likeness (QED) is 0.246. The molecule has 0 aliphatic heterocycles. The highest BCUT2D eigenvalue weighted by Gasteiger charge is 2.14. The van der Waals surface area contributed by atoms with Gasteiger partial charge in [-0.25, -0.2) is 4.79 Å². The van der Waals surface area contributed by atoms with E-state index in [4.69, 9.17) is 37.0 Å². The lowest BCUT2D eigenvalue weighted by molar-refractivity contribution is 0.0514. The maximum atomic E-state index is 11.4. The van der Waals surface area contributed by atoms with Crippen molar-refractivity contribution in [3.05, 3.63) is 82.1 Å². The number of hydrogen-bond donors (Lipinski definition) is 0. The minimum Gasteiger partial charge on any atom is -0.461 e. The molecule has 0 saturated heterocycles. The second-order valence-corrected chi connectivity index (χ2v) is 7.32. The number of aromatic nitrogens is 2. The topological polar surface area (TPSA) is 95.4 Å². The fraction of sp³-hybridized carbons (Fsp3) is 0.130. The van der Waals surface area contributed by atoms with Crippen LogP contribution < -0.4 is 0 Å². The lowest BCUT2D eigenvalue weighted by Gasteiger charge is -1.95. The number of hydrogen-bond acceptors (Lipinski definition) is 7. The lowest BCUT2D eigenvalue weighted by Crippen LogP contribution is -2.04. The van der Waals surface area contributed by atoms with Gasteiger partial charge in [0.1, 0.15) is 5.69 Å². The first-order chi connectivity index (χ1) is 15.4. The van der Waals surface area contributed by atoms with Crippen LogP contribution in [0.15, 0.2) is 69.7 Å². The van der Waals surface area contributed by atoms with Gasteiger partial charge in [-0.3, -0.25) is 4.79 Å². The van der Waals surface area contributed by atoms with Gasteiger partial charge in [-0.1, -0.05) is 57.8 Å². The van der Waals surface area contributed by atoms with Crippen molar-refractivity contribution in [2.24, 2.45) is 0 Å². The van der Waals surface area contributed by atoms with Crippen LogP contribution in [0.1, 0.15) is 34.8 Å². The van der Waals surface area contributed by atoms with Gasteiger partial charge in [0.15, 0.2) is 23.0 Å². The molecule has 32 heavy (non-hydrogen) atoms. The Balaban J connectivity index is 0.000000182. The Morgan fingerprint density at radius 1 is 0.844 bits per heavy atom. The van der Waals surface area contributed by atoms with E-state index < -0.39 is 5.97 Å². The average molecular weight is 473 g/mol. The number of esters is 1. The van der Waals surface area contributed by atoms with E-state index in [1.54, 1.807) is 43.3 Å². The molecule has 0 unspecified atom stereocenters. The van der Waals surface area contributed by atoms with Crippen LogP contribution in [0, 0.1) is 0 Å².